The van der Waals surface area contributed by atoms with Crippen LogP contribution in [0.4, 0.5) is 5.69 Å². The lowest BCUT2D eigenvalue weighted by Gasteiger charge is -2.08. The van der Waals surface area contributed by atoms with E-state index in [1.165, 1.54) is 10.9 Å². The number of anilines is 1. The van der Waals surface area contributed by atoms with Crippen LogP contribution in [0.3, 0.4) is 0 Å². The summed E-state index contributed by atoms with van der Waals surface area (Å²) in [5.74, 6) is 0.856. The van der Waals surface area contributed by atoms with Gasteiger partial charge >= 0.3 is 0 Å². The molecule has 0 aliphatic carbocycles. The largest absolute Gasteiger partial charge is 0.489 e. The molecule has 0 fully saturated rings. The zero-order valence-electron chi connectivity index (χ0n) is 13.1. The average Bonchev–Trinajstić information content (AvgIpc) is 2.97. The molecule has 23 heavy (non-hydrogen) atoms. The van der Waals surface area contributed by atoms with Crippen molar-refractivity contribution in [1.82, 2.24) is 4.98 Å². The van der Waals surface area contributed by atoms with Crippen molar-refractivity contribution in [2.45, 2.75) is 13.0 Å². The Hall–Kier alpha value is -2.50. The first-order valence-electron chi connectivity index (χ1n) is 7.61. The number of nitrogens with one attached hydrogen (secondary N) is 2. The maximum absolute atomic E-state index is 5.91. The minimum atomic E-state index is 0.523. The van der Waals surface area contributed by atoms with Gasteiger partial charge in [0.15, 0.2) is 0 Å². The number of aromatic amines is 1. The standard InChI is InChI=1S/C18H21N3O2/c1-22-21-15-4-2-13(3-5-15)12-23-16-6-7-18-17(10-16)14(8-9-19)11-20-18/h2-7,10-11,20-21H,8-9,12,19H2,1H3. The van der Waals surface area contributed by atoms with Gasteiger partial charge in [0.2, 0.25) is 0 Å². The van der Waals surface area contributed by atoms with Gasteiger partial charge in [-0.05, 0) is 54.4 Å². The van der Waals surface area contributed by atoms with Crippen molar-refractivity contribution >= 4 is 16.6 Å². The Balaban J connectivity index is 1.69. The van der Waals surface area contributed by atoms with Crippen LogP contribution in [-0.4, -0.2) is 18.6 Å². The van der Waals surface area contributed by atoms with E-state index in [9.17, 15) is 0 Å². The van der Waals surface area contributed by atoms with Crippen molar-refractivity contribution in [3.63, 3.8) is 0 Å². The van der Waals surface area contributed by atoms with Gasteiger partial charge in [0.05, 0.1) is 12.8 Å². The maximum atomic E-state index is 5.91. The zero-order valence-corrected chi connectivity index (χ0v) is 13.1. The highest BCUT2D eigenvalue weighted by Gasteiger charge is 2.05. The SMILES string of the molecule is CONc1ccc(COc2ccc3[nH]cc(CCN)c3c2)cc1. The third-order valence-electron chi connectivity index (χ3n) is 3.73. The number of rotatable bonds is 7. The van der Waals surface area contributed by atoms with Gasteiger partial charge in [0.25, 0.3) is 0 Å². The summed E-state index contributed by atoms with van der Waals surface area (Å²) in [6.45, 7) is 1.16. The summed E-state index contributed by atoms with van der Waals surface area (Å²) in [6.07, 6.45) is 2.88. The molecule has 1 heterocycles. The van der Waals surface area contributed by atoms with Crippen LogP contribution in [0.5, 0.6) is 5.75 Å². The van der Waals surface area contributed by atoms with Crippen LogP contribution in [-0.2, 0) is 17.9 Å². The van der Waals surface area contributed by atoms with E-state index < -0.39 is 0 Å². The molecule has 5 nitrogen and oxygen atoms in total. The second-order valence-corrected chi connectivity index (χ2v) is 5.35. The van der Waals surface area contributed by atoms with Crippen molar-refractivity contribution < 1.29 is 9.57 Å². The van der Waals surface area contributed by atoms with Crippen molar-refractivity contribution in [2.75, 3.05) is 19.1 Å². The number of ether oxygens (including phenoxy) is 1. The fourth-order valence-corrected chi connectivity index (χ4v) is 2.56. The number of fused-ring (bicyclic) bond motifs is 1. The molecule has 5 heteroatoms. The van der Waals surface area contributed by atoms with E-state index >= 15 is 0 Å². The number of aromatic nitrogens is 1. The monoisotopic (exact) mass is 311 g/mol. The van der Waals surface area contributed by atoms with Crippen LogP contribution >= 0.6 is 0 Å². The van der Waals surface area contributed by atoms with Crippen LogP contribution in [0.25, 0.3) is 10.9 Å². The summed E-state index contributed by atoms with van der Waals surface area (Å²) in [4.78, 5) is 8.13. The predicted molar refractivity (Wildman–Crippen MR) is 92.5 cm³/mol. The van der Waals surface area contributed by atoms with Gasteiger partial charge in [0.1, 0.15) is 12.4 Å². The van der Waals surface area contributed by atoms with Crippen molar-refractivity contribution in [3.8, 4) is 5.75 Å². The van der Waals surface area contributed by atoms with E-state index in [1.54, 1.807) is 7.11 Å². The van der Waals surface area contributed by atoms with Gasteiger partial charge in [-0.1, -0.05) is 12.1 Å². The smallest absolute Gasteiger partial charge is 0.120 e. The lowest BCUT2D eigenvalue weighted by Crippen LogP contribution is -2.02. The van der Waals surface area contributed by atoms with Crippen LogP contribution < -0.4 is 16.0 Å². The number of hydrogen-bond donors (Lipinski definition) is 3. The van der Waals surface area contributed by atoms with Crippen LogP contribution in [0.2, 0.25) is 0 Å². The van der Waals surface area contributed by atoms with Gasteiger partial charge in [-0.25, -0.2) is 0 Å². The summed E-state index contributed by atoms with van der Waals surface area (Å²) in [7, 11) is 1.59. The summed E-state index contributed by atoms with van der Waals surface area (Å²) < 4.78 is 5.91. The molecule has 4 N–H and O–H groups in total. The second-order valence-electron chi connectivity index (χ2n) is 5.35. The molecule has 0 aliphatic heterocycles. The number of hydrogen-bond acceptors (Lipinski definition) is 4. The minimum Gasteiger partial charge on any atom is -0.489 e. The normalized spacial score (nSPS) is 10.9. The Kier molecular flexibility index (Phi) is 4.80. The molecule has 0 bridgehead atoms. The fraction of sp³-hybridized carbons (Fsp3) is 0.222. The summed E-state index contributed by atoms with van der Waals surface area (Å²) in [5.41, 5.74) is 12.8. The molecule has 2 aromatic carbocycles. The molecular weight excluding hydrogens is 290 g/mol. The van der Waals surface area contributed by atoms with E-state index in [0.29, 0.717) is 13.2 Å². The first-order valence-corrected chi connectivity index (χ1v) is 7.61. The van der Waals surface area contributed by atoms with Crippen molar-refractivity contribution in [3.05, 3.63) is 59.8 Å². The van der Waals surface area contributed by atoms with Crippen LogP contribution in [0, 0.1) is 0 Å². The summed E-state index contributed by atoms with van der Waals surface area (Å²) in [6, 6.07) is 14.0. The van der Waals surface area contributed by atoms with E-state index in [1.807, 2.05) is 42.6 Å². The van der Waals surface area contributed by atoms with Crippen molar-refractivity contribution in [2.24, 2.45) is 5.73 Å². The van der Waals surface area contributed by atoms with Gasteiger partial charge < -0.3 is 15.5 Å². The molecule has 3 aromatic rings. The van der Waals surface area contributed by atoms with E-state index in [4.69, 9.17) is 15.3 Å². The lowest BCUT2D eigenvalue weighted by molar-refractivity contribution is 0.271. The highest BCUT2D eigenvalue weighted by atomic mass is 16.6. The Morgan fingerprint density at radius 1 is 1.13 bits per heavy atom. The van der Waals surface area contributed by atoms with Crippen LogP contribution in [0.15, 0.2) is 48.7 Å². The molecule has 1 aromatic heterocycles. The molecule has 0 aliphatic rings. The Labute approximate surface area is 135 Å². The van der Waals surface area contributed by atoms with Crippen molar-refractivity contribution in [1.29, 1.82) is 0 Å². The topological polar surface area (TPSA) is 72.3 Å². The zero-order chi connectivity index (χ0) is 16.1. The Morgan fingerprint density at radius 3 is 2.70 bits per heavy atom. The maximum Gasteiger partial charge on any atom is 0.120 e. The molecule has 0 spiro atoms. The number of benzene rings is 2. The van der Waals surface area contributed by atoms with Gasteiger partial charge in [-0.3, -0.25) is 10.3 Å². The van der Waals surface area contributed by atoms with E-state index in [2.05, 4.69) is 16.5 Å². The van der Waals surface area contributed by atoms with Gasteiger partial charge in [-0.2, -0.15) is 0 Å². The van der Waals surface area contributed by atoms with E-state index in [-0.39, 0.29) is 0 Å². The first-order chi connectivity index (χ1) is 11.3. The molecule has 120 valence electrons. The predicted octanol–water partition coefficient (Wildman–Crippen LogP) is 3.22. The lowest BCUT2D eigenvalue weighted by atomic mass is 10.1. The molecular formula is C18H21N3O2. The molecule has 0 amide bonds. The summed E-state index contributed by atoms with van der Waals surface area (Å²) >= 11 is 0. The molecule has 0 unspecified atom stereocenters. The Bertz CT molecular complexity index is 766. The second kappa shape index (κ2) is 7.17. The highest BCUT2D eigenvalue weighted by molar-refractivity contribution is 5.84. The average molecular weight is 311 g/mol. The third kappa shape index (κ3) is 3.64. The minimum absolute atomic E-state index is 0.523. The molecule has 0 atom stereocenters. The molecule has 0 saturated carbocycles. The number of H-pyrrole nitrogens is 1. The fourth-order valence-electron chi connectivity index (χ4n) is 2.56. The highest BCUT2D eigenvalue weighted by Crippen LogP contribution is 2.24. The van der Waals surface area contributed by atoms with Gasteiger partial charge in [0, 0.05) is 17.1 Å². The summed E-state index contributed by atoms with van der Waals surface area (Å²) in [5, 5.41) is 1.17. The molecule has 3 rings (SSSR count). The molecule has 0 saturated heterocycles. The van der Waals surface area contributed by atoms with Gasteiger partial charge in [-0.15, -0.1) is 0 Å². The number of nitrogens with two attached hydrogens (primary N) is 1. The Morgan fingerprint density at radius 2 is 1.96 bits per heavy atom. The third-order valence-corrected chi connectivity index (χ3v) is 3.73. The van der Waals surface area contributed by atoms with Crippen LogP contribution in [0.1, 0.15) is 11.1 Å². The molecule has 0 radical (unpaired) electrons. The quantitative estimate of drug-likeness (QED) is 0.586. The first kappa shape index (κ1) is 15.4. The van der Waals surface area contributed by atoms with E-state index in [0.717, 1.165) is 28.9 Å².